The number of methoxy groups -OCH3 is 2. The van der Waals surface area contributed by atoms with Gasteiger partial charge in [0.15, 0.2) is 22.4 Å². The number of nitrogens with two attached hydrogens (primary N) is 2. The predicted octanol–water partition coefficient (Wildman–Crippen LogP) is 14.0. The summed E-state index contributed by atoms with van der Waals surface area (Å²) in [6.45, 7) is 0. The van der Waals surface area contributed by atoms with Crippen LogP contribution in [-0.4, -0.2) is 108 Å². The van der Waals surface area contributed by atoms with Gasteiger partial charge in [-0.15, -0.1) is 0 Å². The zero-order chi connectivity index (χ0) is 70.3. The van der Waals surface area contributed by atoms with Crippen LogP contribution in [0, 0.1) is 16.2 Å². The minimum atomic E-state index is -4.71. The Bertz CT molecular complexity index is 4790. The van der Waals surface area contributed by atoms with Crippen LogP contribution < -0.4 is 27.4 Å². The second-order valence-corrected chi connectivity index (χ2v) is 23.0. The summed E-state index contributed by atoms with van der Waals surface area (Å²) in [6, 6.07) is 23.5. The number of esters is 2. The van der Waals surface area contributed by atoms with Crippen molar-refractivity contribution in [3.05, 3.63) is 193 Å². The van der Waals surface area contributed by atoms with Crippen LogP contribution in [-0.2, 0) is 50.6 Å². The summed E-state index contributed by atoms with van der Waals surface area (Å²) in [5.41, 5.74) is 14.9. The number of nitrogens with zero attached hydrogens (tertiary/aromatic N) is 11. The minimum absolute atomic E-state index is 0. The van der Waals surface area contributed by atoms with Gasteiger partial charge in [-0.2, -0.15) is 26.3 Å². The number of nitrogens with one attached hydrogen (secondary N) is 3. The molecular formula is C69H70Cl2F6N16O9. The summed E-state index contributed by atoms with van der Waals surface area (Å²) in [6.07, 6.45) is 15.9. The van der Waals surface area contributed by atoms with Crippen LogP contribution in [0.15, 0.2) is 172 Å². The molecule has 0 atom stereocenters. The average molecular weight is 1450 g/mol. The quantitative estimate of drug-likeness (QED) is 0.0286. The molecule has 0 unspecified atom stereocenters. The molecule has 3 aliphatic rings. The minimum Gasteiger partial charge on any atom is -0.480 e. The lowest BCUT2D eigenvalue weighted by molar-refractivity contribution is -0.159. The van der Waals surface area contributed by atoms with Crippen LogP contribution in [0.2, 0.25) is 10.0 Å². The summed E-state index contributed by atoms with van der Waals surface area (Å²) < 4.78 is 90.3. The number of benzene rings is 3. The smallest absolute Gasteiger partial charge is 0.418 e. The van der Waals surface area contributed by atoms with Crippen molar-refractivity contribution in [3.8, 4) is 33.8 Å². The van der Waals surface area contributed by atoms with E-state index in [9.17, 15) is 55.1 Å². The van der Waals surface area contributed by atoms with Gasteiger partial charge in [-0.25, -0.2) is 24.9 Å². The largest absolute Gasteiger partial charge is 0.480 e. The molecule has 0 saturated heterocycles. The first-order chi connectivity index (χ1) is 46.7. The van der Waals surface area contributed by atoms with E-state index in [0.29, 0.717) is 54.8 Å². The highest BCUT2D eigenvalue weighted by atomic mass is 35.5. The molecule has 3 fully saturated rings. The van der Waals surface area contributed by atoms with E-state index >= 15 is 0 Å². The molecule has 25 nitrogen and oxygen atoms in total. The van der Waals surface area contributed by atoms with Gasteiger partial charge in [0.25, 0.3) is 0 Å². The third kappa shape index (κ3) is 17.7. The van der Waals surface area contributed by atoms with Crippen molar-refractivity contribution in [1.82, 2.24) is 53.1 Å². The van der Waals surface area contributed by atoms with Crippen molar-refractivity contribution in [2.75, 3.05) is 41.6 Å². The maximum Gasteiger partial charge on any atom is 0.418 e. The van der Waals surface area contributed by atoms with E-state index in [4.69, 9.17) is 44.5 Å². The normalized spacial score (nSPS) is 13.6. The molecule has 8 heterocycles. The molecule has 3 aromatic carbocycles. The van der Waals surface area contributed by atoms with E-state index in [1.54, 1.807) is 92.2 Å². The van der Waals surface area contributed by atoms with E-state index in [-0.39, 0.29) is 60.1 Å². The average Bonchev–Trinajstić information content (AvgIpc) is 1.65. The molecule has 0 radical (unpaired) electrons. The lowest BCUT2D eigenvalue weighted by Crippen LogP contribution is -2.36. The molecule has 0 aliphatic heterocycles. The third-order valence-corrected chi connectivity index (χ3v) is 16.3. The number of carboxylic acids is 1. The molecule has 33 heteroatoms. The van der Waals surface area contributed by atoms with Crippen molar-refractivity contribution in [3.63, 3.8) is 0 Å². The van der Waals surface area contributed by atoms with E-state index in [0.717, 1.165) is 63.1 Å². The monoisotopic (exact) mass is 1450 g/mol. The number of alkyl halides is 6. The number of amides is 3. The van der Waals surface area contributed by atoms with Gasteiger partial charge in [-0.05, 0) is 87.1 Å². The van der Waals surface area contributed by atoms with Crippen LogP contribution in [0.4, 0.5) is 55.0 Å². The van der Waals surface area contributed by atoms with Crippen LogP contribution in [0.3, 0.4) is 0 Å². The maximum absolute atomic E-state index is 13.1. The van der Waals surface area contributed by atoms with E-state index < -0.39 is 79.5 Å². The van der Waals surface area contributed by atoms with Crippen molar-refractivity contribution in [2.45, 2.75) is 80.6 Å². The molecule has 0 spiro atoms. The summed E-state index contributed by atoms with van der Waals surface area (Å²) in [4.78, 5) is 103. The number of hydrogen-bond acceptors (Lipinski definition) is 18. The predicted molar refractivity (Wildman–Crippen MR) is 372 cm³/mol. The van der Waals surface area contributed by atoms with Crippen LogP contribution in [0.25, 0.3) is 50.7 Å². The van der Waals surface area contributed by atoms with Crippen molar-refractivity contribution < 1.29 is 69.7 Å². The fourth-order valence-electron chi connectivity index (χ4n) is 9.76. The number of rotatable bonds is 12. The number of ether oxygens (including phenoxy) is 2. The van der Waals surface area contributed by atoms with Crippen LogP contribution >= 0.6 is 23.2 Å². The number of halogens is 8. The lowest BCUT2D eigenvalue weighted by Gasteiger charge is -2.16. The molecule has 11 aromatic rings. The van der Waals surface area contributed by atoms with Gasteiger partial charge in [-0.3, -0.25) is 56.9 Å². The Morgan fingerprint density at radius 2 is 0.814 bits per heavy atom. The molecule has 102 heavy (non-hydrogen) atoms. The third-order valence-electron chi connectivity index (χ3n) is 15.7. The number of aromatic nitrogens is 11. The van der Waals surface area contributed by atoms with E-state index in [1.807, 2.05) is 68.2 Å². The maximum atomic E-state index is 13.1. The number of aliphatic carboxylic acids is 1. The molecular weight excluding hydrogens is 1380 g/mol. The number of carboxylic acid groups (broad SMARTS) is 1. The summed E-state index contributed by atoms with van der Waals surface area (Å²) >= 11 is 10.8. The van der Waals surface area contributed by atoms with Gasteiger partial charge in [0, 0.05) is 83.3 Å². The van der Waals surface area contributed by atoms with Gasteiger partial charge >= 0.3 is 30.3 Å². The Morgan fingerprint density at radius 3 is 1.16 bits per heavy atom. The van der Waals surface area contributed by atoms with E-state index in [1.165, 1.54) is 14.2 Å². The number of carbonyl (C=O) groups excluding carboxylic acids is 5. The number of pyridine rings is 2. The summed E-state index contributed by atoms with van der Waals surface area (Å²) in [5.74, 6) is -4.29. The van der Waals surface area contributed by atoms with Gasteiger partial charge in [0.05, 0.1) is 89.7 Å². The fourth-order valence-corrected chi connectivity index (χ4v) is 10.2. The summed E-state index contributed by atoms with van der Waals surface area (Å²) in [7, 11) is 2.50. The molecule has 536 valence electrons. The highest BCUT2D eigenvalue weighted by molar-refractivity contribution is 6.31. The standard InChI is InChI=1S/C23H16ClF3N6O2.C18H16N4O3.C12H10N4.C6H4ClF3N2.C6H8O4.4CH4/c24-16-10-29-18(9-15(16)23(25,26)27)32-21(35)22(5-6-22)20(34)31-14-3-1-13(2-4-14)17-11-30-19-12-28-7-8-33(17)19;1-25-17(24)18(6-7-18)16(23)21-13-4-2-12(3-5-13)14-10-20-15-11-19-8-9-22(14)15;13-10-3-1-9(2-4-10)11-7-15-12-8-14-5-6-16(11)12;7-4-2-12-5(11)1-3(4)6(8,9)10;1-10-5(9)6(2-3-6)4(7)8;;;;/h1-4,7-12H,5-6H2,(H,31,34)(H,29,32,35);2-5,8-11H,6-7H2,1H3,(H,21,23);1-8H,13H2;1-2H,(H2,11,12);2-3H2,1H3,(H,7,8);4*1H4. The van der Waals surface area contributed by atoms with Crippen LogP contribution in [0.5, 0.6) is 0 Å². The molecule has 8 N–H and O–H groups in total. The number of hydrogen-bond donors (Lipinski definition) is 6. The number of imidazole rings is 3. The SMILES string of the molecule is C.C.C.C.COC(=O)C1(C(=O)Nc2ccc(-c3cnc4cnccn34)cc2)CC1.COC(=O)C1(C(=O)O)CC1.Nc1cc(C(F)(F)F)c(Cl)cn1.Nc1ccc(-c2cnc3cnccn23)cc1.O=C(Nc1ccc(-c2cnc3cnccn23)cc1)C1(C(=O)Nc2cc(C(F)(F)F)c(Cl)cn2)CC1. The Kier molecular flexibility index (Phi) is 25.4. The lowest BCUT2D eigenvalue weighted by atomic mass is 10.0. The number of anilines is 5. The first-order valence-electron chi connectivity index (χ1n) is 29.1. The Morgan fingerprint density at radius 1 is 0.471 bits per heavy atom. The zero-order valence-electron chi connectivity index (χ0n) is 51.2. The Balaban J connectivity index is 0.000000214. The summed E-state index contributed by atoms with van der Waals surface area (Å²) in [5, 5.41) is 15.3. The number of carbonyl (C=O) groups is 6. The molecule has 0 bridgehead atoms. The van der Waals surface area contributed by atoms with Crippen LogP contribution in [0.1, 0.15) is 79.4 Å². The van der Waals surface area contributed by atoms with Gasteiger partial charge in [0.1, 0.15) is 22.5 Å². The van der Waals surface area contributed by atoms with Crippen molar-refractivity contribution >= 4 is 104 Å². The molecule has 3 amide bonds. The topological polar surface area (TPSA) is 346 Å². The molecule has 3 aliphatic carbocycles. The fraction of sp³-hybridized carbons (Fsp3) is 0.246. The second-order valence-electron chi connectivity index (χ2n) is 22.2. The van der Waals surface area contributed by atoms with Gasteiger partial charge < -0.3 is 42.0 Å². The van der Waals surface area contributed by atoms with Gasteiger partial charge in [0.2, 0.25) is 17.7 Å². The highest BCUT2D eigenvalue weighted by Crippen LogP contribution is 2.49. The first-order valence-corrected chi connectivity index (χ1v) is 29.9. The van der Waals surface area contributed by atoms with Gasteiger partial charge in [-0.1, -0.05) is 89.3 Å². The Labute approximate surface area is 589 Å². The second kappa shape index (κ2) is 32.6. The highest BCUT2D eigenvalue weighted by Gasteiger charge is 2.59. The molecule has 8 aromatic heterocycles. The first kappa shape index (κ1) is 79.4. The van der Waals surface area contributed by atoms with Crippen molar-refractivity contribution in [1.29, 1.82) is 0 Å². The molecule has 14 rings (SSSR count). The number of fused-ring (bicyclic) bond motifs is 3. The zero-order valence-corrected chi connectivity index (χ0v) is 52.7. The van der Waals surface area contributed by atoms with E-state index in [2.05, 4.69) is 60.6 Å². The Hall–Kier alpha value is -11.6. The molecule has 3 saturated carbocycles. The van der Waals surface area contributed by atoms with Crippen molar-refractivity contribution in [2.24, 2.45) is 16.2 Å². The number of nitrogen functional groups attached to an aromatic ring is 2.